The molecular formula is C43H56ClFN2O6. The summed E-state index contributed by atoms with van der Waals surface area (Å²) in [6.07, 6.45) is 7.31. The number of esters is 1. The van der Waals surface area contributed by atoms with Crippen molar-refractivity contribution in [2.45, 2.75) is 138 Å². The molecule has 1 aromatic heterocycles. The van der Waals surface area contributed by atoms with Crippen LogP contribution in [0, 0.1) is 56.6 Å². The summed E-state index contributed by atoms with van der Waals surface area (Å²) < 4.78 is 26.5. The Kier molecular flexibility index (Phi) is 8.99. The molecule has 0 amide bonds. The number of carbonyl (C=O) groups is 3. The number of fused-ring (bicyclic) bond motifs is 7. The average molecular weight is 751 g/mol. The SMILES string of the molecule is CC(C)C1=C2[C@H]3CC[C@@H]4[C@@]5(C)CC[C@H](OC(=O)CC(C)(C)C(=O)O)C(C)(C)[C@@H]5CC[C@@]4(C)[C@]3(C)CCC2(c2nnc(-c3ccc(F)cc3Cl)o2)CC1=O. The van der Waals surface area contributed by atoms with E-state index in [1.165, 1.54) is 17.7 Å². The molecule has 0 spiro atoms. The molecule has 7 rings (SSSR count). The van der Waals surface area contributed by atoms with Gasteiger partial charge in [0.25, 0.3) is 0 Å². The van der Waals surface area contributed by atoms with Gasteiger partial charge >= 0.3 is 11.9 Å². The number of halogens is 2. The van der Waals surface area contributed by atoms with Gasteiger partial charge in [0.1, 0.15) is 11.9 Å². The molecule has 0 aliphatic heterocycles. The van der Waals surface area contributed by atoms with E-state index in [2.05, 4.69) is 58.7 Å². The minimum Gasteiger partial charge on any atom is -0.481 e. The predicted molar refractivity (Wildman–Crippen MR) is 199 cm³/mol. The van der Waals surface area contributed by atoms with Crippen LogP contribution in [0.3, 0.4) is 0 Å². The molecular weight excluding hydrogens is 695 g/mol. The zero-order chi connectivity index (χ0) is 38.7. The van der Waals surface area contributed by atoms with Crippen LogP contribution >= 0.6 is 11.6 Å². The summed E-state index contributed by atoms with van der Waals surface area (Å²) in [4.78, 5) is 39.0. The van der Waals surface area contributed by atoms with Gasteiger partial charge in [-0.1, -0.05) is 60.1 Å². The highest BCUT2D eigenvalue weighted by Crippen LogP contribution is 2.76. The highest BCUT2D eigenvalue weighted by atomic mass is 35.5. The lowest BCUT2D eigenvalue weighted by Gasteiger charge is -2.72. The number of carbonyl (C=O) groups excluding carboxylic acids is 2. The molecule has 53 heavy (non-hydrogen) atoms. The van der Waals surface area contributed by atoms with Crippen LogP contribution < -0.4 is 0 Å². The highest BCUT2D eigenvalue weighted by molar-refractivity contribution is 6.33. The van der Waals surface area contributed by atoms with Gasteiger partial charge in [-0.05, 0) is 134 Å². The summed E-state index contributed by atoms with van der Waals surface area (Å²) in [6, 6.07) is 4.12. The van der Waals surface area contributed by atoms with Crippen LogP contribution in [-0.2, 0) is 24.5 Å². The first kappa shape index (κ1) is 38.2. The van der Waals surface area contributed by atoms with Crippen LogP contribution in [0.25, 0.3) is 11.5 Å². The molecule has 1 heterocycles. The number of aromatic nitrogens is 2. The minimum absolute atomic E-state index is 0.000792. The summed E-state index contributed by atoms with van der Waals surface area (Å²) >= 11 is 6.41. The van der Waals surface area contributed by atoms with Gasteiger partial charge in [-0.15, -0.1) is 10.2 Å². The van der Waals surface area contributed by atoms with Crippen LogP contribution in [-0.4, -0.2) is 39.1 Å². The van der Waals surface area contributed by atoms with Crippen molar-refractivity contribution < 1.29 is 33.0 Å². The summed E-state index contributed by atoms with van der Waals surface area (Å²) in [7, 11) is 0. The molecule has 10 heteroatoms. The van der Waals surface area contributed by atoms with Gasteiger partial charge in [0.15, 0.2) is 5.78 Å². The molecule has 4 fully saturated rings. The van der Waals surface area contributed by atoms with E-state index in [1.54, 1.807) is 19.9 Å². The molecule has 2 aromatic rings. The Hall–Kier alpha value is -3.07. The third-order valence-corrected chi connectivity index (χ3v) is 16.1. The Morgan fingerprint density at radius 2 is 1.72 bits per heavy atom. The van der Waals surface area contributed by atoms with E-state index in [9.17, 15) is 23.9 Å². The standard InChI is InChI=1S/C43H56ClFN2O6/c1-23(2)33-28(48)21-43(36-47-46-35(53-36)25-11-10-24(45)20-27(25)44)19-18-41(8)26(34(33)43)12-13-30-40(7)16-15-31(52-32(49)22-38(3,4)37(50)51)39(5,6)29(40)14-17-42(30,41)9/h10-11,20,23,26,29-31H,12-19,21-22H2,1-9H3,(H,50,51)/t26-,29+,30-,31+,40+,41-,42-,43?/m1/s1. The third-order valence-electron chi connectivity index (χ3n) is 15.8. The lowest BCUT2D eigenvalue weighted by atomic mass is 9.33. The largest absolute Gasteiger partial charge is 0.481 e. The molecule has 8 nitrogen and oxygen atoms in total. The zero-order valence-corrected chi connectivity index (χ0v) is 33.6. The first-order valence-electron chi connectivity index (χ1n) is 19.6. The van der Waals surface area contributed by atoms with E-state index in [0.717, 1.165) is 56.9 Å². The number of allylic oxidation sites excluding steroid dienone is 2. The molecule has 5 aliphatic rings. The fraction of sp³-hybridized carbons (Fsp3) is 0.698. The number of rotatable bonds is 7. The second-order valence-electron chi connectivity index (χ2n) is 19.5. The van der Waals surface area contributed by atoms with Crippen LogP contribution in [0.2, 0.25) is 5.02 Å². The van der Waals surface area contributed by atoms with Crippen LogP contribution in [0.1, 0.15) is 132 Å². The van der Waals surface area contributed by atoms with Crippen molar-refractivity contribution in [3.63, 3.8) is 0 Å². The van der Waals surface area contributed by atoms with Gasteiger partial charge in [0.05, 0.1) is 27.8 Å². The number of carboxylic acids is 1. The number of aliphatic carboxylic acids is 1. The number of nitrogens with zero attached hydrogens (tertiary/aromatic N) is 2. The summed E-state index contributed by atoms with van der Waals surface area (Å²) in [5, 5.41) is 18.8. The van der Waals surface area contributed by atoms with Crippen molar-refractivity contribution in [2.75, 3.05) is 0 Å². The van der Waals surface area contributed by atoms with Crippen molar-refractivity contribution in [1.29, 1.82) is 0 Å². The fourth-order valence-electron chi connectivity index (χ4n) is 12.9. The van der Waals surface area contributed by atoms with E-state index in [1.807, 2.05) is 0 Å². The Labute approximate surface area is 318 Å². The molecule has 1 aromatic carbocycles. The van der Waals surface area contributed by atoms with E-state index in [-0.39, 0.29) is 62.7 Å². The molecule has 1 unspecified atom stereocenters. The fourth-order valence-corrected chi connectivity index (χ4v) is 13.1. The summed E-state index contributed by atoms with van der Waals surface area (Å²) in [5.41, 5.74) is 0.423. The van der Waals surface area contributed by atoms with Crippen molar-refractivity contribution in [2.24, 2.45) is 50.7 Å². The van der Waals surface area contributed by atoms with Crippen molar-refractivity contribution in [3.05, 3.63) is 46.1 Å². The van der Waals surface area contributed by atoms with E-state index in [0.29, 0.717) is 29.7 Å². The minimum atomic E-state index is -1.18. The number of ether oxygens (including phenoxy) is 1. The smallest absolute Gasteiger partial charge is 0.309 e. The first-order chi connectivity index (χ1) is 24.6. The molecule has 0 saturated heterocycles. The van der Waals surface area contributed by atoms with Crippen molar-refractivity contribution in [3.8, 4) is 11.5 Å². The Morgan fingerprint density at radius 1 is 1.00 bits per heavy atom. The van der Waals surface area contributed by atoms with E-state index < -0.39 is 28.6 Å². The number of hydrogen-bond donors (Lipinski definition) is 1. The Morgan fingerprint density at radius 3 is 2.38 bits per heavy atom. The van der Waals surface area contributed by atoms with Gasteiger partial charge in [0.2, 0.25) is 11.8 Å². The number of benzene rings is 1. The van der Waals surface area contributed by atoms with E-state index in [4.69, 9.17) is 20.8 Å². The number of hydrogen-bond acceptors (Lipinski definition) is 7. The predicted octanol–water partition coefficient (Wildman–Crippen LogP) is 10.2. The molecule has 5 aliphatic carbocycles. The number of ketones is 1. The highest BCUT2D eigenvalue weighted by Gasteiger charge is 2.71. The average Bonchev–Trinajstić information content (AvgIpc) is 3.66. The van der Waals surface area contributed by atoms with Crippen molar-refractivity contribution >= 4 is 29.3 Å². The number of Topliss-reactive ketones (excluding diaryl/α,β-unsaturated/α-hetero) is 1. The van der Waals surface area contributed by atoms with Gasteiger partial charge < -0.3 is 14.3 Å². The third kappa shape index (κ3) is 5.50. The Balaban J connectivity index is 1.21. The normalized spacial score (nSPS) is 36.4. The zero-order valence-electron chi connectivity index (χ0n) is 32.8. The topological polar surface area (TPSA) is 120 Å². The maximum Gasteiger partial charge on any atom is 0.309 e. The second-order valence-corrected chi connectivity index (χ2v) is 19.9. The molecule has 4 saturated carbocycles. The molecule has 288 valence electrons. The summed E-state index contributed by atoms with van der Waals surface area (Å²) in [6.45, 7) is 19.4. The van der Waals surface area contributed by atoms with Gasteiger partial charge in [-0.25, -0.2) is 4.39 Å². The van der Waals surface area contributed by atoms with Crippen molar-refractivity contribution in [1.82, 2.24) is 10.2 Å². The lowest BCUT2D eigenvalue weighted by Crippen LogP contribution is -2.66. The van der Waals surface area contributed by atoms with Crippen LogP contribution in [0.5, 0.6) is 0 Å². The van der Waals surface area contributed by atoms with E-state index >= 15 is 0 Å². The van der Waals surface area contributed by atoms with Gasteiger partial charge in [0, 0.05) is 11.8 Å². The molecule has 0 radical (unpaired) electrons. The van der Waals surface area contributed by atoms with Gasteiger partial charge in [-0.3, -0.25) is 14.4 Å². The van der Waals surface area contributed by atoms with Crippen LogP contribution in [0.4, 0.5) is 4.39 Å². The maximum absolute atomic E-state index is 14.1. The quantitative estimate of drug-likeness (QED) is 0.278. The molecule has 1 N–H and O–H groups in total. The first-order valence-corrected chi connectivity index (χ1v) is 20.0. The molecule has 8 atom stereocenters. The molecule has 0 bridgehead atoms. The Bertz CT molecular complexity index is 1900. The maximum atomic E-state index is 14.1. The lowest BCUT2D eigenvalue weighted by molar-refractivity contribution is -0.232. The second kappa shape index (κ2) is 12.5. The monoisotopic (exact) mass is 750 g/mol. The van der Waals surface area contributed by atoms with Crippen LogP contribution in [0.15, 0.2) is 33.8 Å². The van der Waals surface area contributed by atoms with Gasteiger partial charge in [-0.2, -0.15) is 0 Å². The number of carboxylic acid groups (broad SMARTS) is 1. The summed E-state index contributed by atoms with van der Waals surface area (Å²) in [5.74, 6) is -0.0214.